The van der Waals surface area contributed by atoms with Gasteiger partial charge in [-0.05, 0) is 24.0 Å². The number of carbonyl (C=O) groups is 1. The van der Waals surface area contributed by atoms with Gasteiger partial charge in [0.2, 0.25) is 5.91 Å². The third-order valence-corrected chi connectivity index (χ3v) is 3.32. The number of hydrogen-bond donors (Lipinski definition) is 1. The van der Waals surface area contributed by atoms with Gasteiger partial charge in [0.15, 0.2) is 0 Å². The van der Waals surface area contributed by atoms with Gasteiger partial charge in [0.1, 0.15) is 0 Å². The average molecular weight is 220 g/mol. The molecule has 1 rings (SSSR count). The Morgan fingerprint density at radius 1 is 1.25 bits per heavy atom. The van der Waals surface area contributed by atoms with Crippen molar-refractivity contribution in [2.45, 2.75) is 33.1 Å². The maximum Gasteiger partial charge on any atom is 0.230 e. The summed E-state index contributed by atoms with van der Waals surface area (Å²) in [5.74, 6) is -0.0454. The molecule has 3 nitrogen and oxygen atoms in total. The maximum atomic E-state index is 11.9. The van der Waals surface area contributed by atoms with Gasteiger partial charge >= 0.3 is 0 Å². The van der Waals surface area contributed by atoms with E-state index in [9.17, 15) is 4.79 Å². The predicted molar refractivity (Wildman–Crippen MR) is 64.8 cm³/mol. The van der Waals surface area contributed by atoms with Crippen LogP contribution in [0.5, 0.6) is 0 Å². The van der Waals surface area contributed by atoms with Crippen LogP contribution in [0.3, 0.4) is 0 Å². The Hall–Kier alpha value is -1.38. The van der Waals surface area contributed by atoms with E-state index in [0.717, 1.165) is 5.69 Å². The van der Waals surface area contributed by atoms with Gasteiger partial charge in [-0.25, -0.2) is 0 Å². The summed E-state index contributed by atoms with van der Waals surface area (Å²) in [5, 5.41) is 0. The molecule has 0 spiro atoms. The Morgan fingerprint density at radius 3 is 2.12 bits per heavy atom. The molecule has 0 atom stereocenters. The molecule has 16 heavy (non-hydrogen) atoms. The molecule has 0 fully saturated rings. The molecule has 0 aliphatic heterocycles. The lowest BCUT2D eigenvalue weighted by molar-refractivity contribution is -0.127. The number of rotatable bonds is 4. The minimum absolute atomic E-state index is 0.125. The largest absolute Gasteiger partial charge is 0.369 e. The fraction of sp³-hybridized carbons (Fsp3) is 0.538. The molecule has 1 amide bonds. The predicted octanol–water partition coefficient (Wildman–Crippen LogP) is 2.12. The highest BCUT2D eigenvalue weighted by Gasteiger charge is 2.45. The lowest BCUT2D eigenvalue weighted by Gasteiger charge is -2.37. The average Bonchev–Trinajstić information content (AvgIpc) is 2.18. The Kier molecular flexibility index (Phi) is 3.68. The van der Waals surface area contributed by atoms with Crippen molar-refractivity contribution in [2.75, 3.05) is 0 Å². The van der Waals surface area contributed by atoms with Gasteiger partial charge in [0.25, 0.3) is 0 Å². The Balaban J connectivity index is 3.40. The number of hydrogen-bond acceptors (Lipinski definition) is 2. The molecule has 0 saturated heterocycles. The Labute approximate surface area is 97.1 Å². The number of nitrogens with two attached hydrogens (primary N) is 1. The van der Waals surface area contributed by atoms with Crippen molar-refractivity contribution in [3.8, 4) is 0 Å². The standard InChI is InChI=1S/C13H20N2O/c1-9(2)13(10(3)4,12(14)16)11-7-5-6-8-15-11/h5-10H,1-4H3,(H2,14,16). The van der Waals surface area contributed by atoms with Crippen LogP contribution in [0.15, 0.2) is 24.4 Å². The quantitative estimate of drug-likeness (QED) is 0.845. The summed E-state index contributed by atoms with van der Waals surface area (Å²) < 4.78 is 0. The van der Waals surface area contributed by atoms with Gasteiger partial charge in [-0.15, -0.1) is 0 Å². The van der Waals surface area contributed by atoms with Gasteiger partial charge in [0, 0.05) is 6.20 Å². The SMILES string of the molecule is CC(C)C(C(N)=O)(c1ccccn1)C(C)C. The van der Waals surface area contributed by atoms with Gasteiger partial charge in [-0.3, -0.25) is 9.78 Å². The second-order valence-corrected chi connectivity index (χ2v) is 4.76. The molecule has 0 saturated carbocycles. The first-order chi connectivity index (χ1) is 7.44. The van der Waals surface area contributed by atoms with Crippen LogP contribution in [0, 0.1) is 11.8 Å². The molecule has 0 radical (unpaired) electrons. The van der Waals surface area contributed by atoms with Crippen LogP contribution in [0.2, 0.25) is 0 Å². The second-order valence-electron chi connectivity index (χ2n) is 4.76. The molecule has 0 aromatic carbocycles. The number of carbonyl (C=O) groups excluding carboxylic acids is 1. The minimum atomic E-state index is -0.679. The maximum absolute atomic E-state index is 11.9. The zero-order chi connectivity index (χ0) is 12.3. The molecule has 0 bridgehead atoms. The van der Waals surface area contributed by atoms with Crippen molar-refractivity contribution in [1.82, 2.24) is 4.98 Å². The van der Waals surface area contributed by atoms with E-state index >= 15 is 0 Å². The van der Waals surface area contributed by atoms with Gasteiger partial charge in [0.05, 0.1) is 11.1 Å². The van der Waals surface area contributed by atoms with E-state index < -0.39 is 5.41 Å². The molecular weight excluding hydrogens is 200 g/mol. The fourth-order valence-electron chi connectivity index (χ4n) is 2.56. The molecule has 1 heterocycles. The van der Waals surface area contributed by atoms with Crippen molar-refractivity contribution in [2.24, 2.45) is 17.6 Å². The highest BCUT2D eigenvalue weighted by atomic mass is 16.1. The molecule has 0 unspecified atom stereocenters. The molecule has 0 aliphatic carbocycles. The van der Waals surface area contributed by atoms with Crippen LogP contribution in [-0.2, 0) is 10.2 Å². The van der Waals surface area contributed by atoms with Crippen molar-refractivity contribution in [3.05, 3.63) is 30.1 Å². The number of nitrogens with zero attached hydrogens (tertiary/aromatic N) is 1. The van der Waals surface area contributed by atoms with E-state index in [1.54, 1.807) is 6.20 Å². The second kappa shape index (κ2) is 4.64. The number of pyridine rings is 1. The summed E-state index contributed by atoms with van der Waals surface area (Å²) in [6, 6.07) is 5.62. The van der Waals surface area contributed by atoms with Gasteiger partial charge in [-0.1, -0.05) is 33.8 Å². The molecule has 88 valence electrons. The van der Waals surface area contributed by atoms with Crippen LogP contribution in [0.1, 0.15) is 33.4 Å². The lowest BCUT2D eigenvalue weighted by atomic mass is 9.66. The lowest BCUT2D eigenvalue weighted by Crippen LogP contribution is -2.50. The minimum Gasteiger partial charge on any atom is -0.369 e. The van der Waals surface area contributed by atoms with Crippen LogP contribution in [0.4, 0.5) is 0 Å². The molecule has 2 N–H and O–H groups in total. The van der Waals surface area contributed by atoms with Crippen molar-refractivity contribution in [3.63, 3.8) is 0 Å². The highest BCUT2D eigenvalue weighted by Crippen LogP contribution is 2.38. The van der Waals surface area contributed by atoms with Crippen molar-refractivity contribution in [1.29, 1.82) is 0 Å². The van der Waals surface area contributed by atoms with Gasteiger partial charge < -0.3 is 5.73 Å². The first-order valence-corrected chi connectivity index (χ1v) is 5.65. The summed E-state index contributed by atoms with van der Waals surface area (Å²) in [7, 11) is 0. The van der Waals surface area contributed by atoms with E-state index in [1.807, 2.05) is 45.9 Å². The normalized spacial score (nSPS) is 12.1. The van der Waals surface area contributed by atoms with Gasteiger partial charge in [-0.2, -0.15) is 0 Å². The first kappa shape index (κ1) is 12.7. The molecule has 0 aliphatic rings. The summed E-state index contributed by atoms with van der Waals surface area (Å²) in [5.41, 5.74) is 5.72. The highest BCUT2D eigenvalue weighted by molar-refractivity contribution is 5.86. The third kappa shape index (κ3) is 1.82. The number of amides is 1. The summed E-state index contributed by atoms with van der Waals surface area (Å²) in [6.07, 6.45) is 1.71. The topological polar surface area (TPSA) is 56.0 Å². The van der Waals surface area contributed by atoms with E-state index in [2.05, 4.69) is 4.98 Å². The Bertz CT molecular complexity index is 349. The van der Waals surface area contributed by atoms with E-state index in [0.29, 0.717) is 0 Å². The number of aromatic nitrogens is 1. The van der Waals surface area contributed by atoms with Crippen LogP contribution in [-0.4, -0.2) is 10.9 Å². The zero-order valence-electron chi connectivity index (χ0n) is 10.4. The monoisotopic (exact) mass is 220 g/mol. The van der Waals surface area contributed by atoms with E-state index in [4.69, 9.17) is 5.73 Å². The summed E-state index contributed by atoms with van der Waals surface area (Å²) >= 11 is 0. The van der Waals surface area contributed by atoms with E-state index in [-0.39, 0.29) is 17.7 Å². The van der Waals surface area contributed by atoms with Crippen LogP contribution < -0.4 is 5.73 Å². The molecule has 1 aromatic rings. The summed E-state index contributed by atoms with van der Waals surface area (Å²) in [4.78, 5) is 16.2. The summed E-state index contributed by atoms with van der Waals surface area (Å²) in [6.45, 7) is 8.05. The molecule has 3 heteroatoms. The Morgan fingerprint density at radius 2 is 1.81 bits per heavy atom. The molecule has 1 aromatic heterocycles. The fourth-order valence-corrected chi connectivity index (χ4v) is 2.56. The van der Waals surface area contributed by atoms with Crippen molar-refractivity contribution < 1.29 is 4.79 Å². The van der Waals surface area contributed by atoms with Crippen molar-refractivity contribution >= 4 is 5.91 Å². The zero-order valence-corrected chi connectivity index (χ0v) is 10.4. The molecular formula is C13H20N2O. The third-order valence-electron chi connectivity index (χ3n) is 3.32. The number of primary amides is 1. The first-order valence-electron chi connectivity index (χ1n) is 5.65. The smallest absolute Gasteiger partial charge is 0.230 e. The van der Waals surface area contributed by atoms with E-state index in [1.165, 1.54) is 0 Å². The van der Waals surface area contributed by atoms with Crippen LogP contribution in [0.25, 0.3) is 0 Å². The van der Waals surface area contributed by atoms with Crippen LogP contribution >= 0.6 is 0 Å².